The van der Waals surface area contributed by atoms with Gasteiger partial charge in [-0.25, -0.2) is 4.98 Å². The Labute approximate surface area is 255 Å². The first kappa shape index (κ1) is 24.2. The lowest BCUT2D eigenvalue weighted by atomic mass is 10.1. The van der Waals surface area contributed by atoms with E-state index in [1.165, 1.54) is 0 Å². The van der Waals surface area contributed by atoms with Crippen LogP contribution in [0.2, 0.25) is 0 Å². The van der Waals surface area contributed by atoms with Gasteiger partial charge in [-0.2, -0.15) is 9.97 Å². The van der Waals surface area contributed by atoms with Crippen LogP contribution < -0.4 is 0 Å². The number of aromatic nitrogens is 4. The maximum Gasteiger partial charge on any atom is 0.238 e. The fraction of sp³-hybridized carbons (Fsp3) is 0. The van der Waals surface area contributed by atoms with Crippen molar-refractivity contribution in [3.63, 3.8) is 0 Å². The van der Waals surface area contributed by atoms with Crippen LogP contribution >= 0.6 is 0 Å². The molecular formula is C39H22N4O2. The van der Waals surface area contributed by atoms with Gasteiger partial charge < -0.3 is 8.83 Å². The monoisotopic (exact) mass is 578 g/mol. The van der Waals surface area contributed by atoms with E-state index in [2.05, 4.69) is 59.2 Å². The molecule has 0 spiro atoms. The number of rotatable bonds is 3. The van der Waals surface area contributed by atoms with E-state index in [1.54, 1.807) is 0 Å². The van der Waals surface area contributed by atoms with Crippen LogP contribution in [-0.4, -0.2) is 19.5 Å². The molecule has 0 amide bonds. The average Bonchev–Trinajstić information content (AvgIpc) is 3.76. The Bertz CT molecular complexity index is 2770. The lowest BCUT2D eigenvalue weighted by Gasteiger charge is -2.11. The number of benzene rings is 6. The Morgan fingerprint density at radius 1 is 0.422 bits per heavy atom. The molecule has 0 N–H and O–H groups in total. The molecule has 6 aromatic carbocycles. The molecule has 0 radical (unpaired) electrons. The number of hydrogen-bond acceptors (Lipinski definition) is 5. The van der Waals surface area contributed by atoms with Crippen LogP contribution in [0.5, 0.6) is 0 Å². The van der Waals surface area contributed by atoms with Crippen molar-refractivity contribution in [2.45, 2.75) is 0 Å². The minimum Gasteiger partial charge on any atom is -0.456 e. The van der Waals surface area contributed by atoms with Crippen molar-refractivity contribution in [3.8, 4) is 28.7 Å². The van der Waals surface area contributed by atoms with Crippen molar-refractivity contribution < 1.29 is 8.83 Å². The van der Waals surface area contributed by atoms with Crippen molar-refractivity contribution in [1.82, 2.24) is 19.5 Å². The standard InChI is InChI=1S/C39H22N4O2/c1-2-11-23(12-3-1)37-40-38(27-16-10-20-34-36(27)26-15-6-9-19-33(26)44-34)42-39(41-37)43-30-17-7-4-13-24(30)28-21-29-25-14-5-8-18-32(25)45-35(29)22-31(28)43/h1-22H. The highest BCUT2D eigenvalue weighted by molar-refractivity contribution is 6.17. The van der Waals surface area contributed by atoms with Crippen LogP contribution in [0.1, 0.15) is 0 Å². The van der Waals surface area contributed by atoms with Gasteiger partial charge in [-0.15, -0.1) is 0 Å². The molecule has 0 fully saturated rings. The molecule has 0 bridgehead atoms. The van der Waals surface area contributed by atoms with E-state index in [0.29, 0.717) is 17.6 Å². The van der Waals surface area contributed by atoms with Crippen LogP contribution in [0.4, 0.5) is 0 Å². The van der Waals surface area contributed by atoms with Gasteiger partial charge in [-0.1, -0.05) is 97.1 Å². The summed E-state index contributed by atoms with van der Waals surface area (Å²) >= 11 is 0. The third kappa shape index (κ3) is 3.53. The summed E-state index contributed by atoms with van der Waals surface area (Å²) in [5.74, 6) is 1.70. The molecule has 6 nitrogen and oxygen atoms in total. The Morgan fingerprint density at radius 3 is 1.96 bits per heavy atom. The van der Waals surface area contributed by atoms with Crippen molar-refractivity contribution in [2.75, 3.05) is 0 Å². The summed E-state index contributed by atoms with van der Waals surface area (Å²) in [6.07, 6.45) is 0. The van der Waals surface area contributed by atoms with Gasteiger partial charge in [0, 0.05) is 49.5 Å². The number of furan rings is 2. The van der Waals surface area contributed by atoms with Crippen molar-refractivity contribution in [2.24, 2.45) is 0 Å². The zero-order valence-corrected chi connectivity index (χ0v) is 23.8. The normalized spacial score (nSPS) is 12.0. The summed E-state index contributed by atoms with van der Waals surface area (Å²) < 4.78 is 14.7. The van der Waals surface area contributed by atoms with E-state index in [1.807, 2.05) is 78.9 Å². The highest BCUT2D eigenvalue weighted by atomic mass is 16.3. The zero-order chi connectivity index (χ0) is 29.5. The van der Waals surface area contributed by atoms with Crippen LogP contribution in [0, 0.1) is 0 Å². The van der Waals surface area contributed by atoms with Crippen molar-refractivity contribution in [1.29, 1.82) is 0 Å². The third-order valence-corrected chi connectivity index (χ3v) is 8.67. The minimum absolute atomic E-state index is 0.533. The van der Waals surface area contributed by atoms with E-state index >= 15 is 0 Å². The van der Waals surface area contributed by atoms with Gasteiger partial charge in [0.1, 0.15) is 22.3 Å². The third-order valence-electron chi connectivity index (χ3n) is 8.67. The lowest BCUT2D eigenvalue weighted by Crippen LogP contribution is -2.06. The molecule has 210 valence electrons. The minimum atomic E-state index is 0.533. The second kappa shape index (κ2) is 9.11. The van der Waals surface area contributed by atoms with Gasteiger partial charge in [0.25, 0.3) is 0 Å². The number of para-hydroxylation sites is 3. The molecule has 4 heterocycles. The Hall–Kier alpha value is -6.27. The summed E-state index contributed by atoms with van der Waals surface area (Å²) in [7, 11) is 0. The molecule has 10 rings (SSSR count). The second-order valence-corrected chi connectivity index (χ2v) is 11.2. The van der Waals surface area contributed by atoms with Gasteiger partial charge in [0.15, 0.2) is 11.6 Å². The summed E-state index contributed by atoms with van der Waals surface area (Å²) in [5.41, 5.74) is 7.07. The molecule has 0 aliphatic rings. The lowest BCUT2D eigenvalue weighted by molar-refractivity contribution is 0.668. The molecule has 10 aromatic rings. The molecular weight excluding hydrogens is 556 g/mol. The van der Waals surface area contributed by atoms with E-state index < -0.39 is 0 Å². The van der Waals surface area contributed by atoms with Crippen molar-refractivity contribution >= 4 is 65.7 Å². The maximum absolute atomic E-state index is 6.34. The topological polar surface area (TPSA) is 69.9 Å². The molecule has 0 saturated carbocycles. The highest BCUT2D eigenvalue weighted by Crippen LogP contribution is 2.39. The van der Waals surface area contributed by atoms with Crippen molar-refractivity contribution in [3.05, 3.63) is 133 Å². The van der Waals surface area contributed by atoms with Gasteiger partial charge in [0.05, 0.1) is 11.0 Å². The number of nitrogens with zero attached hydrogens (tertiary/aromatic N) is 4. The summed E-state index contributed by atoms with van der Waals surface area (Å²) in [6, 6.07) is 45.1. The highest BCUT2D eigenvalue weighted by Gasteiger charge is 2.21. The van der Waals surface area contributed by atoms with Gasteiger partial charge >= 0.3 is 0 Å². The molecule has 0 saturated heterocycles. The second-order valence-electron chi connectivity index (χ2n) is 11.2. The van der Waals surface area contributed by atoms with E-state index in [-0.39, 0.29) is 0 Å². The average molecular weight is 579 g/mol. The molecule has 6 heteroatoms. The Balaban J connectivity index is 1.32. The van der Waals surface area contributed by atoms with Gasteiger partial charge in [0.2, 0.25) is 5.95 Å². The Kier molecular flexibility index (Phi) is 4.90. The fourth-order valence-corrected chi connectivity index (χ4v) is 6.67. The van der Waals surface area contributed by atoms with Crippen LogP contribution in [0.3, 0.4) is 0 Å². The van der Waals surface area contributed by atoms with Crippen LogP contribution in [0.15, 0.2) is 142 Å². The van der Waals surface area contributed by atoms with E-state index in [9.17, 15) is 0 Å². The molecule has 0 unspecified atom stereocenters. The van der Waals surface area contributed by atoms with Crippen LogP contribution in [0.25, 0.3) is 94.4 Å². The SMILES string of the molecule is c1ccc(-c2nc(-c3cccc4oc5ccccc5c34)nc(-n3c4ccccc4c4cc5c(cc43)oc3ccccc35)n2)cc1. The maximum atomic E-state index is 6.34. The Morgan fingerprint density at radius 2 is 1.09 bits per heavy atom. The smallest absolute Gasteiger partial charge is 0.238 e. The quantitative estimate of drug-likeness (QED) is 0.209. The van der Waals surface area contributed by atoms with Gasteiger partial charge in [-0.05, 0) is 30.3 Å². The first-order valence-electron chi connectivity index (χ1n) is 14.9. The van der Waals surface area contributed by atoms with E-state index in [4.69, 9.17) is 23.8 Å². The van der Waals surface area contributed by atoms with E-state index in [0.717, 1.165) is 76.8 Å². The molecule has 4 aromatic heterocycles. The molecule has 0 aliphatic carbocycles. The summed E-state index contributed by atoms with van der Waals surface area (Å²) in [5, 5.41) is 6.41. The predicted molar refractivity (Wildman–Crippen MR) is 180 cm³/mol. The predicted octanol–water partition coefficient (Wildman–Crippen LogP) is 10.1. The molecule has 0 atom stereocenters. The summed E-state index contributed by atoms with van der Waals surface area (Å²) in [4.78, 5) is 15.4. The summed E-state index contributed by atoms with van der Waals surface area (Å²) in [6.45, 7) is 0. The number of fused-ring (bicyclic) bond motifs is 9. The molecule has 0 aliphatic heterocycles. The van der Waals surface area contributed by atoms with Crippen LogP contribution in [-0.2, 0) is 0 Å². The number of hydrogen-bond donors (Lipinski definition) is 0. The zero-order valence-electron chi connectivity index (χ0n) is 23.8. The fourth-order valence-electron chi connectivity index (χ4n) is 6.67. The first-order valence-corrected chi connectivity index (χ1v) is 14.9. The molecule has 45 heavy (non-hydrogen) atoms. The van der Waals surface area contributed by atoms with Gasteiger partial charge in [-0.3, -0.25) is 4.57 Å². The first-order chi connectivity index (χ1) is 22.3. The largest absolute Gasteiger partial charge is 0.456 e.